The standard InChI is InChI=1S/C20H23N5O3S/c1-14-7-3-4-8-15(14)24-13-21-23-19(24)29-12-17(27)25-11-16(26)22-18(28)20(25)9-5-2-6-10-20/h3-4,7-8,13H,2,5-6,9-12H2,1H3,(H,22,26,28). The number of rotatable bonds is 4. The number of hydrogen-bond donors (Lipinski definition) is 1. The molecule has 2 aromatic rings. The topological polar surface area (TPSA) is 97.2 Å². The molecule has 1 saturated carbocycles. The Balaban J connectivity index is 1.53. The van der Waals surface area contributed by atoms with Crippen LogP contribution in [-0.2, 0) is 14.4 Å². The Bertz CT molecular complexity index is 951. The molecule has 0 atom stereocenters. The minimum absolute atomic E-state index is 0.0738. The highest BCUT2D eigenvalue weighted by molar-refractivity contribution is 7.99. The molecule has 152 valence electrons. The van der Waals surface area contributed by atoms with Gasteiger partial charge in [-0.1, -0.05) is 49.2 Å². The fraction of sp³-hybridized carbons (Fsp3) is 0.450. The highest BCUT2D eigenvalue weighted by Gasteiger charge is 2.50. The van der Waals surface area contributed by atoms with Crippen LogP contribution < -0.4 is 5.32 Å². The summed E-state index contributed by atoms with van der Waals surface area (Å²) in [5.74, 6) is -0.894. The quantitative estimate of drug-likeness (QED) is 0.607. The van der Waals surface area contributed by atoms with Crippen molar-refractivity contribution in [1.82, 2.24) is 25.0 Å². The number of amides is 3. The zero-order chi connectivity index (χ0) is 20.4. The Morgan fingerprint density at radius 3 is 2.72 bits per heavy atom. The monoisotopic (exact) mass is 413 g/mol. The van der Waals surface area contributed by atoms with E-state index in [0.29, 0.717) is 18.0 Å². The summed E-state index contributed by atoms with van der Waals surface area (Å²) in [4.78, 5) is 39.2. The van der Waals surface area contributed by atoms with E-state index in [0.717, 1.165) is 30.5 Å². The Kier molecular flexibility index (Phi) is 5.40. The van der Waals surface area contributed by atoms with Gasteiger partial charge in [-0.3, -0.25) is 24.3 Å². The molecule has 1 saturated heterocycles. The average Bonchev–Trinajstić information content (AvgIpc) is 3.18. The largest absolute Gasteiger partial charge is 0.318 e. The molecule has 2 fully saturated rings. The van der Waals surface area contributed by atoms with Gasteiger partial charge < -0.3 is 4.90 Å². The fourth-order valence-corrected chi connectivity index (χ4v) is 4.98. The second kappa shape index (κ2) is 7.98. The van der Waals surface area contributed by atoms with Crippen LogP contribution in [0.2, 0.25) is 0 Å². The lowest BCUT2D eigenvalue weighted by Crippen LogP contribution is -2.69. The number of nitrogens with one attached hydrogen (secondary N) is 1. The van der Waals surface area contributed by atoms with Gasteiger partial charge in [-0.2, -0.15) is 0 Å². The predicted molar refractivity (Wildman–Crippen MR) is 107 cm³/mol. The van der Waals surface area contributed by atoms with Crippen LogP contribution in [-0.4, -0.2) is 55.2 Å². The molecule has 29 heavy (non-hydrogen) atoms. The van der Waals surface area contributed by atoms with E-state index in [1.807, 2.05) is 35.8 Å². The van der Waals surface area contributed by atoms with Gasteiger partial charge in [0, 0.05) is 0 Å². The number of nitrogens with zero attached hydrogens (tertiary/aromatic N) is 4. The number of carbonyl (C=O) groups excluding carboxylic acids is 3. The first-order valence-electron chi connectivity index (χ1n) is 9.75. The molecule has 1 aliphatic heterocycles. The molecule has 1 aromatic carbocycles. The van der Waals surface area contributed by atoms with Crippen LogP contribution in [0.1, 0.15) is 37.7 Å². The number of aromatic nitrogens is 3. The Labute approximate surface area is 173 Å². The van der Waals surface area contributed by atoms with E-state index in [1.54, 1.807) is 6.33 Å². The first kappa shape index (κ1) is 19.6. The van der Waals surface area contributed by atoms with E-state index in [2.05, 4.69) is 15.5 Å². The molecule has 8 nitrogen and oxygen atoms in total. The third kappa shape index (κ3) is 3.66. The van der Waals surface area contributed by atoms with Crippen molar-refractivity contribution in [3.63, 3.8) is 0 Å². The number of benzene rings is 1. The van der Waals surface area contributed by atoms with Crippen molar-refractivity contribution in [2.45, 2.75) is 49.7 Å². The van der Waals surface area contributed by atoms with Crippen molar-refractivity contribution in [2.24, 2.45) is 0 Å². The van der Waals surface area contributed by atoms with Gasteiger partial charge in [-0.15, -0.1) is 10.2 Å². The number of carbonyl (C=O) groups is 3. The molecule has 2 heterocycles. The van der Waals surface area contributed by atoms with Crippen LogP contribution in [0.25, 0.3) is 5.69 Å². The normalized spacial score (nSPS) is 18.7. The van der Waals surface area contributed by atoms with Gasteiger partial charge in [0.05, 0.1) is 11.4 Å². The van der Waals surface area contributed by atoms with Gasteiger partial charge in [0.1, 0.15) is 18.4 Å². The van der Waals surface area contributed by atoms with Crippen LogP contribution in [0.3, 0.4) is 0 Å². The van der Waals surface area contributed by atoms with Crippen LogP contribution in [0, 0.1) is 6.92 Å². The molecule has 4 rings (SSSR count). The number of thioether (sulfide) groups is 1. The van der Waals surface area contributed by atoms with E-state index in [1.165, 1.54) is 16.7 Å². The molecular formula is C20H23N5O3S. The molecule has 0 bridgehead atoms. The molecule has 1 aromatic heterocycles. The van der Waals surface area contributed by atoms with E-state index in [4.69, 9.17) is 0 Å². The minimum atomic E-state index is -0.895. The van der Waals surface area contributed by atoms with Crippen molar-refractivity contribution in [2.75, 3.05) is 12.3 Å². The zero-order valence-electron chi connectivity index (χ0n) is 16.3. The summed E-state index contributed by atoms with van der Waals surface area (Å²) < 4.78 is 1.84. The highest BCUT2D eigenvalue weighted by atomic mass is 32.2. The SMILES string of the molecule is Cc1ccccc1-n1cnnc1SCC(=O)N1CC(=O)NC(=O)C12CCCCC2. The average molecular weight is 414 g/mol. The fourth-order valence-electron chi connectivity index (χ4n) is 4.19. The first-order chi connectivity index (χ1) is 14.0. The predicted octanol–water partition coefficient (Wildman–Crippen LogP) is 1.86. The maximum absolute atomic E-state index is 13.1. The summed E-state index contributed by atoms with van der Waals surface area (Å²) in [6.07, 6.45) is 5.61. The summed E-state index contributed by atoms with van der Waals surface area (Å²) >= 11 is 1.26. The molecule has 1 aliphatic carbocycles. The number of aryl methyl sites for hydroxylation is 1. The van der Waals surface area contributed by atoms with Crippen molar-refractivity contribution >= 4 is 29.5 Å². The van der Waals surface area contributed by atoms with Crippen molar-refractivity contribution < 1.29 is 14.4 Å². The Morgan fingerprint density at radius 2 is 1.97 bits per heavy atom. The first-order valence-corrected chi connectivity index (χ1v) is 10.7. The summed E-state index contributed by atoms with van der Waals surface area (Å²) in [7, 11) is 0. The van der Waals surface area contributed by atoms with Crippen LogP contribution in [0.15, 0.2) is 35.7 Å². The summed E-state index contributed by atoms with van der Waals surface area (Å²) in [5, 5.41) is 11.2. The van der Waals surface area contributed by atoms with Crippen LogP contribution in [0.5, 0.6) is 0 Å². The van der Waals surface area contributed by atoms with Crippen LogP contribution in [0.4, 0.5) is 0 Å². The molecule has 9 heteroatoms. The lowest BCUT2D eigenvalue weighted by Gasteiger charge is -2.47. The summed E-state index contributed by atoms with van der Waals surface area (Å²) in [6, 6.07) is 7.86. The number of para-hydroxylation sites is 1. The van der Waals surface area contributed by atoms with Crippen molar-refractivity contribution in [3.05, 3.63) is 36.2 Å². The van der Waals surface area contributed by atoms with Crippen molar-refractivity contribution in [1.29, 1.82) is 0 Å². The van der Waals surface area contributed by atoms with E-state index in [9.17, 15) is 14.4 Å². The molecule has 0 radical (unpaired) electrons. The van der Waals surface area contributed by atoms with E-state index < -0.39 is 11.4 Å². The zero-order valence-corrected chi connectivity index (χ0v) is 17.1. The highest BCUT2D eigenvalue weighted by Crippen LogP contribution is 2.36. The van der Waals surface area contributed by atoms with Gasteiger partial charge in [-0.05, 0) is 31.4 Å². The lowest BCUT2D eigenvalue weighted by atomic mass is 9.78. The van der Waals surface area contributed by atoms with Gasteiger partial charge in [0.2, 0.25) is 11.8 Å². The van der Waals surface area contributed by atoms with Gasteiger partial charge >= 0.3 is 0 Å². The van der Waals surface area contributed by atoms with Gasteiger partial charge in [-0.25, -0.2) is 0 Å². The second-order valence-corrected chi connectivity index (χ2v) is 8.45. The van der Waals surface area contributed by atoms with E-state index in [-0.39, 0.29) is 24.1 Å². The lowest BCUT2D eigenvalue weighted by molar-refractivity contribution is -0.158. The molecule has 0 unspecified atom stereocenters. The second-order valence-electron chi connectivity index (χ2n) is 7.51. The van der Waals surface area contributed by atoms with Crippen molar-refractivity contribution in [3.8, 4) is 5.69 Å². The number of hydrogen-bond acceptors (Lipinski definition) is 6. The minimum Gasteiger partial charge on any atom is -0.318 e. The maximum Gasteiger partial charge on any atom is 0.252 e. The third-order valence-corrected chi connectivity index (χ3v) is 6.62. The number of piperazine rings is 1. The summed E-state index contributed by atoms with van der Waals surface area (Å²) in [6.45, 7) is 1.93. The molecule has 2 aliphatic rings. The summed E-state index contributed by atoms with van der Waals surface area (Å²) in [5.41, 5.74) is 1.12. The Hall–Kier alpha value is -2.68. The van der Waals surface area contributed by atoms with E-state index >= 15 is 0 Å². The van der Waals surface area contributed by atoms with Gasteiger partial charge in [0.25, 0.3) is 5.91 Å². The smallest absolute Gasteiger partial charge is 0.252 e. The Morgan fingerprint density at radius 1 is 1.21 bits per heavy atom. The third-order valence-electron chi connectivity index (χ3n) is 5.69. The van der Waals surface area contributed by atoms with Gasteiger partial charge in [0.15, 0.2) is 5.16 Å². The molecule has 1 N–H and O–H groups in total. The number of imide groups is 1. The molecule has 1 spiro atoms. The maximum atomic E-state index is 13.1. The van der Waals surface area contributed by atoms with Crippen LogP contribution >= 0.6 is 11.8 Å². The molecular weight excluding hydrogens is 390 g/mol. The molecule has 3 amide bonds.